The van der Waals surface area contributed by atoms with E-state index in [0.29, 0.717) is 0 Å². The van der Waals surface area contributed by atoms with Crippen molar-refractivity contribution >= 4 is 0 Å². The molecule has 0 N–H and O–H groups in total. The zero-order chi connectivity index (χ0) is 9.68. The summed E-state index contributed by atoms with van der Waals surface area (Å²) in [6, 6.07) is 0. The Labute approximate surface area is 82.9 Å². The summed E-state index contributed by atoms with van der Waals surface area (Å²) >= 11 is 0. The highest BCUT2D eigenvalue weighted by atomic mass is 15.3. The maximum Gasteiger partial charge on any atom is 0.0110 e. The van der Waals surface area contributed by atoms with Crippen molar-refractivity contribution in [1.82, 2.24) is 9.80 Å². The second-order valence-corrected chi connectivity index (χ2v) is 4.25. The molecule has 1 atom stereocenters. The van der Waals surface area contributed by atoms with Crippen LogP contribution in [0.15, 0.2) is 0 Å². The molecule has 0 aromatic rings. The van der Waals surface area contributed by atoms with E-state index in [4.69, 9.17) is 0 Å². The number of nitrogens with zero attached hydrogens (tertiary/aromatic N) is 2. The van der Waals surface area contributed by atoms with Crippen LogP contribution in [0.1, 0.15) is 27.2 Å². The van der Waals surface area contributed by atoms with Crippen molar-refractivity contribution in [3.63, 3.8) is 0 Å². The van der Waals surface area contributed by atoms with Crippen molar-refractivity contribution < 1.29 is 0 Å². The molecule has 0 aromatic heterocycles. The Kier molecular flexibility index (Phi) is 4.74. The number of rotatable bonds is 4. The van der Waals surface area contributed by atoms with Crippen LogP contribution in [-0.4, -0.2) is 49.1 Å². The van der Waals surface area contributed by atoms with Gasteiger partial charge in [-0.1, -0.05) is 27.2 Å². The van der Waals surface area contributed by atoms with Crippen molar-refractivity contribution in [2.75, 3.05) is 39.3 Å². The zero-order valence-corrected chi connectivity index (χ0v) is 9.42. The first-order valence-corrected chi connectivity index (χ1v) is 5.71. The van der Waals surface area contributed by atoms with E-state index in [-0.39, 0.29) is 0 Å². The van der Waals surface area contributed by atoms with Crippen molar-refractivity contribution in [2.24, 2.45) is 5.92 Å². The number of hydrogen-bond donors (Lipinski definition) is 0. The topological polar surface area (TPSA) is 6.48 Å². The molecule has 1 aliphatic heterocycles. The lowest BCUT2D eigenvalue weighted by atomic mass is 10.1. The Morgan fingerprint density at radius 2 is 1.54 bits per heavy atom. The molecule has 1 rings (SSSR count). The Hall–Kier alpha value is -0.0800. The number of likely N-dealkylation sites (N-methyl/N-ethyl adjacent to an activating group) is 1. The van der Waals surface area contributed by atoms with Gasteiger partial charge in [-0.15, -0.1) is 0 Å². The van der Waals surface area contributed by atoms with Crippen LogP contribution in [0.5, 0.6) is 0 Å². The molecule has 0 radical (unpaired) electrons. The molecule has 0 saturated carbocycles. The van der Waals surface area contributed by atoms with Gasteiger partial charge < -0.3 is 9.80 Å². The van der Waals surface area contributed by atoms with Gasteiger partial charge in [0.15, 0.2) is 0 Å². The van der Waals surface area contributed by atoms with Gasteiger partial charge in [-0.2, -0.15) is 0 Å². The van der Waals surface area contributed by atoms with Gasteiger partial charge in [-0.25, -0.2) is 0 Å². The molecular formula is C11H24N2. The lowest BCUT2D eigenvalue weighted by molar-refractivity contribution is 0.123. The third-order valence-electron chi connectivity index (χ3n) is 3.18. The van der Waals surface area contributed by atoms with Crippen LogP contribution in [0.3, 0.4) is 0 Å². The number of hydrogen-bond acceptors (Lipinski definition) is 2. The summed E-state index contributed by atoms with van der Waals surface area (Å²) in [5.74, 6) is 0.869. The van der Waals surface area contributed by atoms with Gasteiger partial charge in [-0.3, -0.25) is 0 Å². The van der Waals surface area contributed by atoms with Crippen molar-refractivity contribution in [1.29, 1.82) is 0 Å². The van der Waals surface area contributed by atoms with Crippen LogP contribution < -0.4 is 0 Å². The third-order valence-corrected chi connectivity index (χ3v) is 3.18. The van der Waals surface area contributed by atoms with Gasteiger partial charge in [0.25, 0.3) is 0 Å². The Balaban J connectivity index is 2.17. The summed E-state index contributed by atoms with van der Waals surface area (Å²) in [7, 11) is 0. The Morgan fingerprint density at radius 3 is 2.00 bits per heavy atom. The molecular weight excluding hydrogens is 160 g/mol. The normalized spacial score (nSPS) is 23.3. The molecule has 0 bridgehead atoms. The first-order valence-electron chi connectivity index (χ1n) is 5.71. The average molecular weight is 184 g/mol. The zero-order valence-electron chi connectivity index (χ0n) is 9.42. The van der Waals surface area contributed by atoms with E-state index in [1.807, 2.05) is 0 Å². The fourth-order valence-electron chi connectivity index (χ4n) is 1.86. The van der Waals surface area contributed by atoms with E-state index < -0.39 is 0 Å². The predicted octanol–water partition coefficient (Wildman–Crippen LogP) is 1.67. The first-order chi connectivity index (χ1) is 6.26. The van der Waals surface area contributed by atoms with Crippen LogP contribution in [0.4, 0.5) is 0 Å². The van der Waals surface area contributed by atoms with Crippen molar-refractivity contribution in [3.8, 4) is 0 Å². The van der Waals surface area contributed by atoms with Crippen LogP contribution in [-0.2, 0) is 0 Å². The van der Waals surface area contributed by atoms with Gasteiger partial charge in [0.2, 0.25) is 0 Å². The molecule has 1 aliphatic rings. The SMILES string of the molecule is CCC(C)CN1CCN(CC)CC1. The van der Waals surface area contributed by atoms with E-state index in [9.17, 15) is 0 Å². The van der Waals surface area contributed by atoms with Crippen LogP contribution in [0, 0.1) is 5.92 Å². The highest BCUT2D eigenvalue weighted by Gasteiger charge is 2.16. The molecule has 1 unspecified atom stereocenters. The standard InChI is InChI=1S/C11H24N2/c1-4-11(3)10-13-8-6-12(5-2)7-9-13/h11H,4-10H2,1-3H3. The molecule has 0 amide bonds. The summed E-state index contributed by atoms with van der Waals surface area (Å²) in [5, 5.41) is 0. The summed E-state index contributed by atoms with van der Waals surface area (Å²) in [5.41, 5.74) is 0. The monoisotopic (exact) mass is 184 g/mol. The van der Waals surface area contributed by atoms with Gasteiger partial charge >= 0.3 is 0 Å². The smallest absolute Gasteiger partial charge is 0.0110 e. The molecule has 13 heavy (non-hydrogen) atoms. The highest BCUT2D eigenvalue weighted by Crippen LogP contribution is 2.07. The molecule has 1 fully saturated rings. The molecule has 0 aliphatic carbocycles. The Bertz CT molecular complexity index is 128. The summed E-state index contributed by atoms with van der Waals surface area (Å²) in [6.07, 6.45) is 1.31. The minimum absolute atomic E-state index is 0.869. The molecule has 0 aromatic carbocycles. The van der Waals surface area contributed by atoms with E-state index in [2.05, 4.69) is 30.6 Å². The van der Waals surface area contributed by atoms with Gasteiger partial charge in [0, 0.05) is 32.7 Å². The molecule has 78 valence electrons. The summed E-state index contributed by atoms with van der Waals surface area (Å²) < 4.78 is 0. The maximum atomic E-state index is 2.61. The quantitative estimate of drug-likeness (QED) is 0.656. The Morgan fingerprint density at radius 1 is 1.00 bits per heavy atom. The lowest BCUT2D eigenvalue weighted by Gasteiger charge is -2.35. The summed E-state index contributed by atoms with van der Waals surface area (Å²) in [6.45, 7) is 14.5. The van der Waals surface area contributed by atoms with E-state index in [0.717, 1.165) is 5.92 Å². The fourth-order valence-corrected chi connectivity index (χ4v) is 1.86. The third kappa shape index (κ3) is 3.65. The van der Waals surface area contributed by atoms with Gasteiger partial charge in [0.05, 0.1) is 0 Å². The van der Waals surface area contributed by atoms with Gasteiger partial charge in [0.1, 0.15) is 0 Å². The first kappa shape index (κ1) is 11.0. The molecule has 1 saturated heterocycles. The van der Waals surface area contributed by atoms with E-state index in [1.165, 1.54) is 45.7 Å². The van der Waals surface area contributed by atoms with Crippen LogP contribution in [0.25, 0.3) is 0 Å². The van der Waals surface area contributed by atoms with E-state index in [1.54, 1.807) is 0 Å². The lowest BCUT2D eigenvalue weighted by Crippen LogP contribution is -2.47. The summed E-state index contributed by atoms with van der Waals surface area (Å²) in [4.78, 5) is 5.15. The number of piperazine rings is 1. The second kappa shape index (κ2) is 5.61. The van der Waals surface area contributed by atoms with Crippen LogP contribution in [0.2, 0.25) is 0 Å². The molecule has 2 nitrogen and oxygen atoms in total. The van der Waals surface area contributed by atoms with Crippen molar-refractivity contribution in [2.45, 2.75) is 27.2 Å². The fraction of sp³-hybridized carbons (Fsp3) is 1.00. The van der Waals surface area contributed by atoms with E-state index >= 15 is 0 Å². The molecule has 1 heterocycles. The van der Waals surface area contributed by atoms with Crippen molar-refractivity contribution in [3.05, 3.63) is 0 Å². The maximum absolute atomic E-state index is 2.61. The minimum Gasteiger partial charge on any atom is -0.301 e. The average Bonchev–Trinajstić information content (AvgIpc) is 2.19. The molecule has 0 spiro atoms. The second-order valence-electron chi connectivity index (χ2n) is 4.25. The largest absolute Gasteiger partial charge is 0.301 e. The van der Waals surface area contributed by atoms with Crippen LogP contribution >= 0.6 is 0 Å². The predicted molar refractivity (Wildman–Crippen MR) is 58.0 cm³/mol. The molecule has 2 heteroatoms. The minimum atomic E-state index is 0.869. The van der Waals surface area contributed by atoms with Gasteiger partial charge in [-0.05, 0) is 12.5 Å². The highest BCUT2D eigenvalue weighted by molar-refractivity contribution is 4.72.